The molecular weight excluding hydrogens is 350 g/mol. The highest BCUT2D eigenvalue weighted by Crippen LogP contribution is 2.05. The second kappa shape index (κ2) is 11.0. The summed E-state index contributed by atoms with van der Waals surface area (Å²) < 4.78 is 12.1. The van der Waals surface area contributed by atoms with Gasteiger partial charge in [0.1, 0.15) is 18.7 Å². The van der Waals surface area contributed by atoms with Crippen molar-refractivity contribution in [3.8, 4) is 0 Å². The summed E-state index contributed by atoms with van der Waals surface area (Å²) >= 11 is 0.575. The molecule has 0 heterocycles. The smallest absolute Gasteiger partial charge is 0.408 e. The highest BCUT2D eigenvalue weighted by atomic mass is 32.2. The Morgan fingerprint density at radius 2 is 1.88 bits per heavy atom. The predicted molar refractivity (Wildman–Crippen MR) is 91.4 cm³/mol. The van der Waals surface area contributed by atoms with Crippen molar-refractivity contribution in [1.82, 2.24) is 10.6 Å². The zero-order valence-corrected chi connectivity index (χ0v) is 14.6. The first kappa shape index (κ1) is 20.4. The molecule has 0 aromatic heterocycles. The summed E-state index contributed by atoms with van der Waals surface area (Å²) in [6.45, 7) is 1.49. The molecule has 0 bridgehead atoms. The van der Waals surface area contributed by atoms with Crippen LogP contribution in [-0.4, -0.2) is 42.9 Å². The minimum atomic E-state index is -1.05. The van der Waals surface area contributed by atoms with Crippen LogP contribution in [0.4, 0.5) is 4.79 Å². The second-order valence-corrected chi connectivity index (χ2v) is 5.62. The average Bonchev–Trinajstić information content (AvgIpc) is 2.63. The molecule has 136 valence electrons. The van der Waals surface area contributed by atoms with E-state index in [4.69, 9.17) is 4.74 Å². The van der Waals surface area contributed by atoms with Crippen LogP contribution in [0.5, 0.6) is 0 Å². The predicted octanol–water partition coefficient (Wildman–Crippen LogP) is 1.37. The molecule has 0 radical (unpaired) electrons. The lowest BCUT2D eigenvalue weighted by molar-refractivity contribution is -0.144. The fourth-order valence-corrected chi connectivity index (χ4v) is 2.15. The molecule has 0 aliphatic heterocycles. The molecule has 2 atom stereocenters. The number of hydrogen-bond donors (Lipinski definition) is 2. The molecule has 2 N–H and O–H groups in total. The van der Waals surface area contributed by atoms with Crippen molar-refractivity contribution in [2.24, 2.45) is 4.58 Å². The molecular formula is C15H19N3O6S. The number of carbonyl (C=O) groups excluding carboxylic acids is 3. The molecule has 0 aliphatic carbocycles. The molecule has 1 aromatic carbocycles. The van der Waals surface area contributed by atoms with Crippen molar-refractivity contribution in [2.45, 2.75) is 25.6 Å². The first-order chi connectivity index (χ1) is 12.0. The number of amides is 2. The zero-order chi connectivity index (χ0) is 18.7. The number of hydrogen-bond acceptors (Lipinski definition) is 8. The summed E-state index contributed by atoms with van der Waals surface area (Å²) in [5.74, 6) is -1.42. The molecule has 1 aromatic rings. The first-order valence-corrected chi connectivity index (χ1v) is 8.22. The lowest BCUT2D eigenvalue weighted by atomic mass is 10.2. The van der Waals surface area contributed by atoms with Crippen LogP contribution >= 0.6 is 11.9 Å². The molecule has 0 unspecified atom stereocenters. The third kappa shape index (κ3) is 7.66. The van der Waals surface area contributed by atoms with Crippen LogP contribution in [0.2, 0.25) is 0 Å². The van der Waals surface area contributed by atoms with E-state index in [0.29, 0.717) is 11.9 Å². The van der Waals surface area contributed by atoms with Gasteiger partial charge in [0.15, 0.2) is 0 Å². The molecule has 25 heavy (non-hydrogen) atoms. The number of methoxy groups -OCH3 is 1. The minimum absolute atomic E-state index is 0.0629. The van der Waals surface area contributed by atoms with Crippen LogP contribution < -0.4 is 10.6 Å². The lowest BCUT2D eigenvalue weighted by Crippen LogP contribution is -2.51. The van der Waals surface area contributed by atoms with E-state index in [-0.39, 0.29) is 12.4 Å². The number of nitroso groups, excluding NO2 is 1. The highest BCUT2D eigenvalue weighted by molar-refractivity contribution is 7.97. The summed E-state index contributed by atoms with van der Waals surface area (Å²) in [5, 5.41) is 4.73. The summed E-state index contributed by atoms with van der Waals surface area (Å²) in [7, 11) is 1.16. The van der Waals surface area contributed by atoms with Gasteiger partial charge in [-0.15, -0.1) is 4.91 Å². The van der Waals surface area contributed by atoms with Crippen LogP contribution in [0.3, 0.4) is 0 Å². The largest absolute Gasteiger partial charge is 0.467 e. The summed E-state index contributed by atoms with van der Waals surface area (Å²) in [6, 6.07) is 7.05. The van der Waals surface area contributed by atoms with Crippen molar-refractivity contribution in [3.63, 3.8) is 0 Å². The second-order valence-electron chi connectivity index (χ2n) is 4.88. The van der Waals surface area contributed by atoms with Gasteiger partial charge in [-0.05, 0) is 12.5 Å². The van der Waals surface area contributed by atoms with E-state index in [0.717, 1.165) is 12.7 Å². The maximum atomic E-state index is 12.0. The van der Waals surface area contributed by atoms with E-state index in [1.165, 1.54) is 6.92 Å². The van der Waals surface area contributed by atoms with Gasteiger partial charge in [0.05, 0.1) is 7.11 Å². The number of esters is 1. The normalized spacial score (nSPS) is 12.4. The Morgan fingerprint density at radius 1 is 1.20 bits per heavy atom. The van der Waals surface area contributed by atoms with Crippen molar-refractivity contribution in [1.29, 1.82) is 0 Å². The summed E-state index contributed by atoms with van der Waals surface area (Å²) in [5.41, 5.74) is 0.805. The molecule has 1 rings (SSSR count). The van der Waals surface area contributed by atoms with E-state index in [2.05, 4.69) is 20.0 Å². The third-order valence-electron chi connectivity index (χ3n) is 3.04. The standard InChI is InChI=1S/C15H19N3O6S/c1-10(13(19)17-12(9-25-18-22)14(20)23-2)16-15(21)24-8-11-6-4-3-5-7-11/h3-7,10,12H,8-9H2,1-2H3,(H,16,21)(H,17,19)/t10-,12-/m0/s1. The van der Waals surface area contributed by atoms with Gasteiger partial charge in [0.2, 0.25) is 5.91 Å². The number of benzene rings is 1. The van der Waals surface area contributed by atoms with Gasteiger partial charge in [0.25, 0.3) is 0 Å². The summed E-state index contributed by atoms with van der Waals surface area (Å²) in [6.07, 6.45) is -0.773. The number of nitrogens with one attached hydrogen (secondary N) is 2. The van der Waals surface area contributed by atoms with Crippen LogP contribution in [0.25, 0.3) is 0 Å². The van der Waals surface area contributed by atoms with Gasteiger partial charge in [0, 0.05) is 22.3 Å². The van der Waals surface area contributed by atoms with E-state index < -0.39 is 30.1 Å². The molecule has 0 saturated carbocycles. The Balaban J connectivity index is 2.46. The topological polar surface area (TPSA) is 123 Å². The maximum absolute atomic E-state index is 12.0. The van der Waals surface area contributed by atoms with Crippen LogP contribution in [0.1, 0.15) is 12.5 Å². The molecule has 2 amide bonds. The number of nitrogens with zero attached hydrogens (tertiary/aromatic N) is 1. The van der Waals surface area contributed by atoms with Crippen LogP contribution in [0.15, 0.2) is 34.9 Å². The number of alkyl carbamates (subject to hydrolysis) is 1. The quantitative estimate of drug-likeness (QED) is 0.383. The lowest BCUT2D eigenvalue weighted by Gasteiger charge is -2.18. The number of rotatable bonds is 9. The van der Waals surface area contributed by atoms with Gasteiger partial charge in [-0.1, -0.05) is 30.3 Å². The van der Waals surface area contributed by atoms with Gasteiger partial charge >= 0.3 is 12.1 Å². The Kier molecular flexibility index (Phi) is 9.01. The molecule has 9 nitrogen and oxygen atoms in total. The van der Waals surface area contributed by atoms with E-state index in [1.807, 2.05) is 18.2 Å². The molecule has 0 aliphatic rings. The maximum Gasteiger partial charge on any atom is 0.408 e. The van der Waals surface area contributed by atoms with Crippen LogP contribution in [-0.2, 0) is 25.7 Å². The van der Waals surface area contributed by atoms with E-state index in [1.54, 1.807) is 12.1 Å². The Labute approximate surface area is 148 Å². The Bertz CT molecular complexity index is 598. The van der Waals surface area contributed by atoms with Gasteiger partial charge in [-0.25, -0.2) is 9.59 Å². The fraction of sp³-hybridized carbons (Fsp3) is 0.400. The van der Waals surface area contributed by atoms with E-state index >= 15 is 0 Å². The molecule has 0 saturated heterocycles. The van der Waals surface area contributed by atoms with Crippen LogP contribution in [0, 0.1) is 4.91 Å². The molecule has 0 fully saturated rings. The average molecular weight is 369 g/mol. The number of ether oxygens (including phenoxy) is 2. The number of carbonyl (C=O) groups is 3. The van der Waals surface area contributed by atoms with Crippen molar-refractivity contribution < 1.29 is 23.9 Å². The summed E-state index contributed by atoms with van der Waals surface area (Å²) in [4.78, 5) is 45.5. The van der Waals surface area contributed by atoms with E-state index in [9.17, 15) is 19.3 Å². The monoisotopic (exact) mass is 369 g/mol. The third-order valence-corrected chi connectivity index (χ3v) is 3.62. The zero-order valence-electron chi connectivity index (χ0n) is 13.8. The fourth-order valence-electron chi connectivity index (χ4n) is 1.72. The SMILES string of the molecule is COC(=O)[C@H](CSN=O)NC(=O)[C@H](C)NC(=O)OCc1ccccc1. The van der Waals surface area contributed by atoms with Crippen molar-refractivity contribution >= 4 is 29.9 Å². The molecule has 0 spiro atoms. The van der Waals surface area contributed by atoms with Gasteiger partial charge in [-0.2, -0.15) is 0 Å². The first-order valence-electron chi connectivity index (χ1n) is 7.28. The van der Waals surface area contributed by atoms with Gasteiger partial charge < -0.3 is 20.1 Å². The Hall–Kier alpha value is -2.62. The Morgan fingerprint density at radius 3 is 2.48 bits per heavy atom. The van der Waals surface area contributed by atoms with Gasteiger partial charge in [-0.3, -0.25) is 4.79 Å². The molecule has 10 heteroatoms. The highest BCUT2D eigenvalue weighted by Gasteiger charge is 2.25. The van der Waals surface area contributed by atoms with Crippen molar-refractivity contribution in [3.05, 3.63) is 40.8 Å². The minimum Gasteiger partial charge on any atom is -0.467 e. The van der Waals surface area contributed by atoms with Crippen molar-refractivity contribution in [2.75, 3.05) is 12.9 Å².